The van der Waals surface area contributed by atoms with Gasteiger partial charge in [-0.15, -0.1) is 0 Å². The summed E-state index contributed by atoms with van der Waals surface area (Å²) in [7, 11) is 0. The van der Waals surface area contributed by atoms with Gasteiger partial charge in [-0.2, -0.15) is 0 Å². The molecular weight excluding hydrogens is 228 g/mol. The standard InChI is InChI=1S/C14H26N2O2/c1-4-18-12-9-11(14(12,2)3)16-10-7-5-6-8-15-13(10)17/h10-12,16H,4-9H2,1-3H3,(H,15,17). The first-order chi connectivity index (χ1) is 8.55. The molecule has 0 aromatic heterocycles. The molecule has 0 aromatic rings. The monoisotopic (exact) mass is 254 g/mol. The maximum atomic E-state index is 11.9. The highest BCUT2D eigenvalue weighted by Gasteiger charge is 2.49. The molecule has 3 atom stereocenters. The van der Waals surface area contributed by atoms with E-state index in [4.69, 9.17) is 4.74 Å². The third-order valence-electron chi connectivity index (χ3n) is 4.48. The van der Waals surface area contributed by atoms with Gasteiger partial charge in [0.25, 0.3) is 0 Å². The lowest BCUT2D eigenvalue weighted by Gasteiger charge is -2.52. The summed E-state index contributed by atoms with van der Waals surface area (Å²) < 4.78 is 5.72. The van der Waals surface area contributed by atoms with E-state index in [0.717, 1.165) is 38.8 Å². The molecule has 1 aliphatic heterocycles. The van der Waals surface area contributed by atoms with E-state index in [2.05, 4.69) is 24.5 Å². The average Bonchev–Trinajstić information content (AvgIpc) is 2.53. The predicted octanol–water partition coefficient (Wildman–Crippen LogP) is 1.45. The number of carbonyl (C=O) groups is 1. The van der Waals surface area contributed by atoms with Crippen LogP contribution in [-0.2, 0) is 9.53 Å². The first-order valence-corrected chi connectivity index (χ1v) is 7.21. The number of hydrogen-bond donors (Lipinski definition) is 2. The van der Waals surface area contributed by atoms with Gasteiger partial charge in [-0.1, -0.05) is 13.8 Å². The van der Waals surface area contributed by atoms with Crippen molar-refractivity contribution in [1.29, 1.82) is 0 Å². The van der Waals surface area contributed by atoms with Gasteiger partial charge in [0.1, 0.15) is 0 Å². The zero-order chi connectivity index (χ0) is 13.2. The maximum Gasteiger partial charge on any atom is 0.237 e. The molecule has 1 heterocycles. The molecule has 1 saturated heterocycles. The summed E-state index contributed by atoms with van der Waals surface area (Å²) in [6, 6.07) is 0.377. The summed E-state index contributed by atoms with van der Waals surface area (Å²) in [4.78, 5) is 11.9. The zero-order valence-corrected chi connectivity index (χ0v) is 11.8. The molecule has 3 unspecified atom stereocenters. The fourth-order valence-electron chi connectivity index (χ4n) is 2.99. The van der Waals surface area contributed by atoms with Gasteiger partial charge in [-0.3, -0.25) is 4.79 Å². The van der Waals surface area contributed by atoms with Gasteiger partial charge in [-0.25, -0.2) is 0 Å². The largest absolute Gasteiger partial charge is 0.378 e. The van der Waals surface area contributed by atoms with Crippen molar-refractivity contribution in [3.05, 3.63) is 0 Å². The van der Waals surface area contributed by atoms with Crippen LogP contribution in [-0.4, -0.2) is 37.2 Å². The first kappa shape index (κ1) is 13.8. The van der Waals surface area contributed by atoms with Gasteiger partial charge >= 0.3 is 0 Å². The Balaban J connectivity index is 1.88. The molecule has 0 radical (unpaired) electrons. The fraction of sp³-hybridized carbons (Fsp3) is 0.929. The minimum Gasteiger partial charge on any atom is -0.378 e. The van der Waals surface area contributed by atoms with E-state index in [1.165, 1.54) is 0 Å². The van der Waals surface area contributed by atoms with Crippen LogP contribution < -0.4 is 10.6 Å². The third-order valence-corrected chi connectivity index (χ3v) is 4.48. The number of carbonyl (C=O) groups excluding carboxylic acids is 1. The van der Waals surface area contributed by atoms with E-state index < -0.39 is 0 Å². The van der Waals surface area contributed by atoms with Crippen LogP contribution in [0.5, 0.6) is 0 Å². The Kier molecular flexibility index (Phi) is 4.28. The molecule has 0 spiro atoms. The Labute approximate surface area is 110 Å². The molecule has 0 bridgehead atoms. The van der Waals surface area contributed by atoms with E-state index in [1.807, 2.05) is 6.92 Å². The Hall–Kier alpha value is -0.610. The Morgan fingerprint density at radius 3 is 2.89 bits per heavy atom. The van der Waals surface area contributed by atoms with Crippen LogP contribution in [0.25, 0.3) is 0 Å². The van der Waals surface area contributed by atoms with E-state index in [1.54, 1.807) is 0 Å². The van der Waals surface area contributed by atoms with Gasteiger partial charge in [0.05, 0.1) is 12.1 Å². The van der Waals surface area contributed by atoms with Gasteiger partial charge in [0.2, 0.25) is 5.91 Å². The number of amides is 1. The highest BCUT2D eigenvalue weighted by molar-refractivity contribution is 5.82. The Morgan fingerprint density at radius 2 is 2.22 bits per heavy atom. The number of ether oxygens (including phenoxy) is 1. The van der Waals surface area contributed by atoms with E-state index in [0.29, 0.717) is 12.1 Å². The molecule has 1 aliphatic carbocycles. The molecular formula is C14H26N2O2. The van der Waals surface area contributed by atoms with E-state index in [-0.39, 0.29) is 17.4 Å². The van der Waals surface area contributed by atoms with Gasteiger partial charge in [0, 0.05) is 24.6 Å². The van der Waals surface area contributed by atoms with Crippen molar-refractivity contribution in [1.82, 2.24) is 10.6 Å². The molecule has 4 nitrogen and oxygen atoms in total. The van der Waals surface area contributed by atoms with Gasteiger partial charge < -0.3 is 15.4 Å². The van der Waals surface area contributed by atoms with Crippen molar-refractivity contribution in [2.75, 3.05) is 13.2 Å². The third kappa shape index (κ3) is 2.69. The van der Waals surface area contributed by atoms with E-state index in [9.17, 15) is 4.79 Å². The van der Waals surface area contributed by atoms with Crippen LogP contribution in [0.3, 0.4) is 0 Å². The van der Waals surface area contributed by atoms with Crippen molar-refractivity contribution in [3.63, 3.8) is 0 Å². The summed E-state index contributed by atoms with van der Waals surface area (Å²) in [6.07, 6.45) is 4.52. The Morgan fingerprint density at radius 1 is 1.44 bits per heavy atom. The summed E-state index contributed by atoms with van der Waals surface area (Å²) in [5, 5.41) is 6.51. The van der Waals surface area contributed by atoms with Crippen LogP contribution >= 0.6 is 0 Å². The molecule has 1 saturated carbocycles. The van der Waals surface area contributed by atoms with Crippen molar-refractivity contribution in [2.45, 2.75) is 64.6 Å². The number of nitrogens with one attached hydrogen (secondary N) is 2. The van der Waals surface area contributed by atoms with Crippen LogP contribution in [0.4, 0.5) is 0 Å². The minimum atomic E-state index is -0.0145. The van der Waals surface area contributed by atoms with Gasteiger partial charge in [0.15, 0.2) is 0 Å². The molecule has 1 amide bonds. The van der Waals surface area contributed by atoms with Crippen molar-refractivity contribution >= 4 is 5.91 Å². The second-order valence-corrected chi connectivity index (χ2v) is 6.06. The second-order valence-electron chi connectivity index (χ2n) is 6.06. The minimum absolute atomic E-state index is 0.0145. The van der Waals surface area contributed by atoms with Crippen molar-refractivity contribution < 1.29 is 9.53 Å². The molecule has 2 rings (SSSR count). The average molecular weight is 254 g/mol. The van der Waals surface area contributed by atoms with Crippen LogP contribution in [0.1, 0.15) is 46.5 Å². The summed E-state index contributed by atoms with van der Waals surface area (Å²) >= 11 is 0. The van der Waals surface area contributed by atoms with Gasteiger partial charge in [-0.05, 0) is 32.6 Å². The quantitative estimate of drug-likeness (QED) is 0.798. The molecule has 18 heavy (non-hydrogen) atoms. The molecule has 4 heteroatoms. The van der Waals surface area contributed by atoms with Crippen LogP contribution in [0.15, 0.2) is 0 Å². The molecule has 0 aromatic carbocycles. The number of rotatable bonds is 4. The highest BCUT2D eigenvalue weighted by Crippen LogP contribution is 2.43. The van der Waals surface area contributed by atoms with Crippen molar-refractivity contribution in [3.8, 4) is 0 Å². The fourth-order valence-corrected chi connectivity index (χ4v) is 2.99. The molecule has 2 fully saturated rings. The normalized spacial score (nSPS) is 35.5. The topological polar surface area (TPSA) is 50.4 Å². The highest BCUT2D eigenvalue weighted by atomic mass is 16.5. The lowest BCUT2D eigenvalue weighted by Crippen LogP contribution is -2.64. The molecule has 2 aliphatic rings. The van der Waals surface area contributed by atoms with E-state index >= 15 is 0 Å². The van der Waals surface area contributed by atoms with Crippen LogP contribution in [0, 0.1) is 5.41 Å². The maximum absolute atomic E-state index is 11.9. The Bertz CT molecular complexity index is 304. The first-order valence-electron chi connectivity index (χ1n) is 7.21. The summed E-state index contributed by atoms with van der Waals surface area (Å²) in [5.41, 5.74) is 0.128. The number of hydrogen-bond acceptors (Lipinski definition) is 3. The second kappa shape index (κ2) is 5.57. The predicted molar refractivity (Wildman–Crippen MR) is 71.4 cm³/mol. The zero-order valence-electron chi connectivity index (χ0n) is 11.8. The van der Waals surface area contributed by atoms with Crippen LogP contribution in [0.2, 0.25) is 0 Å². The molecule has 104 valence electrons. The lowest BCUT2D eigenvalue weighted by molar-refractivity contribution is -0.130. The summed E-state index contributed by atoms with van der Waals surface area (Å²) in [5.74, 6) is 0.170. The summed E-state index contributed by atoms with van der Waals surface area (Å²) in [6.45, 7) is 8.08. The van der Waals surface area contributed by atoms with Crippen molar-refractivity contribution in [2.24, 2.45) is 5.41 Å². The molecule has 2 N–H and O–H groups in total. The lowest BCUT2D eigenvalue weighted by atomic mass is 9.64. The SMILES string of the molecule is CCOC1CC(NC2CCCCNC2=O)C1(C)C. The smallest absolute Gasteiger partial charge is 0.237 e.